The summed E-state index contributed by atoms with van der Waals surface area (Å²) in [6.45, 7) is 3.91. The third-order valence-electron chi connectivity index (χ3n) is 2.78. The second kappa shape index (κ2) is 2.60. The SMILES string of the molecule is CN1CCC2CN(I)CC21. The molecule has 0 bridgehead atoms. The van der Waals surface area contributed by atoms with Crippen molar-refractivity contribution in [1.82, 2.24) is 8.01 Å². The Morgan fingerprint density at radius 1 is 1.40 bits per heavy atom. The lowest BCUT2D eigenvalue weighted by Gasteiger charge is -2.17. The van der Waals surface area contributed by atoms with E-state index in [1.807, 2.05) is 0 Å². The Bertz CT molecular complexity index is 140. The minimum absolute atomic E-state index is 0.872. The molecule has 2 rings (SSSR count). The summed E-state index contributed by atoms with van der Waals surface area (Å²) in [5, 5.41) is 0. The molecule has 2 atom stereocenters. The van der Waals surface area contributed by atoms with Gasteiger partial charge in [-0.25, -0.2) is 3.11 Å². The fourth-order valence-electron chi connectivity index (χ4n) is 2.12. The van der Waals surface area contributed by atoms with E-state index in [2.05, 4.69) is 37.9 Å². The zero-order valence-corrected chi connectivity index (χ0v) is 8.41. The molecule has 10 heavy (non-hydrogen) atoms. The molecule has 0 amide bonds. The molecule has 0 aromatic carbocycles. The van der Waals surface area contributed by atoms with Crippen LogP contribution in [0.15, 0.2) is 0 Å². The average Bonchev–Trinajstić information content (AvgIpc) is 2.35. The van der Waals surface area contributed by atoms with Crippen molar-refractivity contribution < 1.29 is 0 Å². The van der Waals surface area contributed by atoms with E-state index in [9.17, 15) is 0 Å². The first-order chi connectivity index (χ1) is 4.77. The van der Waals surface area contributed by atoms with Crippen molar-refractivity contribution in [2.75, 3.05) is 26.7 Å². The van der Waals surface area contributed by atoms with Crippen LogP contribution < -0.4 is 0 Å². The molecule has 2 unspecified atom stereocenters. The molecule has 0 spiro atoms. The molecule has 0 aromatic rings. The zero-order chi connectivity index (χ0) is 7.14. The van der Waals surface area contributed by atoms with E-state index in [0.29, 0.717) is 0 Å². The van der Waals surface area contributed by atoms with Crippen molar-refractivity contribution in [3.63, 3.8) is 0 Å². The summed E-state index contributed by atoms with van der Waals surface area (Å²) in [6.07, 6.45) is 1.42. The number of hydrogen-bond acceptors (Lipinski definition) is 2. The van der Waals surface area contributed by atoms with E-state index in [1.165, 1.54) is 26.1 Å². The van der Waals surface area contributed by atoms with Crippen LogP contribution in [0.2, 0.25) is 0 Å². The van der Waals surface area contributed by atoms with Gasteiger partial charge in [-0.2, -0.15) is 0 Å². The van der Waals surface area contributed by atoms with E-state index in [-0.39, 0.29) is 0 Å². The highest BCUT2D eigenvalue weighted by Crippen LogP contribution is 2.31. The van der Waals surface area contributed by atoms with Crippen LogP contribution in [-0.2, 0) is 0 Å². The highest BCUT2D eigenvalue weighted by atomic mass is 127. The van der Waals surface area contributed by atoms with Crippen LogP contribution in [0.1, 0.15) is 6.42 Å². The number of likely N-dealkylation sites (N-methyl/N-ethyl adjacent to an activating group) is 1. The Morgan fingerprint density at radius 3 is 2.90 bits per heavy atom. The molecule has 2 nitrogen and oxygen atoms in total. The summed E-state index contributed by atoms with van der Waals surface area (Å²) in [5.74, 6) is 0.974. The number of halogens is 1. The molecule has 2 aliphatic rings. The molecule has 0 aliphatic carbocycles. The van der Waals surface area contributed by atoms with E-state index in [4.69, 9.17) is 0 Å². The highest BCUT2D eigenvalue weighted by Gasteiger charge is 2.38. The van der Waals surface area contributed by atoms with Gasteiger partial charge in [-0.3, -0.25) is 0 Å². The lowest BCUT2D eigenvalue weighted by atomic mass is 10.1. The quantitative estimate of drug-likeness (QED) is 0.468. The molecular weight excluding hydrogens is 239 g/mol. The first-order valence-electron chi connectivity index (χ1n) is 3.88. The van der Waals surface area contributed by atoms with Gasteiger partial charge in [-0.05, 0) is 25.9 Å². The number of nitrogens with zero attached hydrogens (tertiary/aromatic N) is 2. The molecule has 58 valence electrons. The molecule has 2 aliphatic heterocycles. The third kappa shape index (κ3) is 1.08. The molecule has 3 heteroatoms. The molecule has 2 heterocycles. The Hall–Kier alpha value is 0.650. The lowest BCUT2D eigenvalue weighted by molar-refractivity contribution is 0.302. The minimum Gasteiger partial charge on any atom is -0.302 e. The van der Waals surface area contributed by atoms with E-state index in [0.717, 1.165) is 12.0 Å². The predicted molar refractivity (Wildman–Crippen MR) is 50.1 cm³/mol. The Labute approximate surface area is 76.1 Å². The van der Waals surface area contributed by atoms with Crippen LogP contribution in [0, 0.1) is 5.92 Å². The van der Waals surface area contributed by atoms with Gasteiger partial charge in [0.1, 0.15) is 0 Å². The first kappa shape index (κ1) is 7.31. The van der Waals surface area contributed by atoms with Gasteiger partial charge in [0.25, 0.3) is 0 Å². The van der Waals surface area contributed by atoms with Gasteiger partial charge >= 0.3 is 0 Å². The fraction of sp³-hybridized carbons (Fsp3) is 1.00. The Kier molecular flexibility index (Phi) is 1.90. The topological polar surface area (TPSA) is 6.48 Å². The van der Waals surface area contributed by atoms with Gasteiger partial charge in [0.15, 0.2) is 0 Å². The smallest absolute Gasteiger partial charge is 0.0269 e. The van der Waals surface area contributed by atoms with Crippen LogP contribution in [0.5, 0.6) is 0 Å². The molecule has 0 N–H and O–H groups in total. The largest absolute Gasteiger partial charge is 0.302 e. The van der Waals surface area contributed by atoms with Crippen LogP contribution in [0.25, 0.3) is 0 Å². The normalized spacial score (nSPS) is 42.6. The van der Waals surface area contributed by atoms with Crippen molar-refractivity contribution in [1.29, 1.82) is 0 Å². The van der Waals surface area contributed by atoms with Gasteiger partial charge in [-0.1, -0.05) is 0 Å². The fourth-order valence-corrected chi connectivity index (χ4v) is 3.03. The molecule has 0 radical (unpaired) electrons. The molecule has 2 fully saturated rings. The van der Waals surface area contributed by atoms with Crippen molar-refractivity contribution in [2.24, 2.45) is 5.92 Å². The second-order valence-electron chi connectivity index (χ2n) is 3.42. The van der Waals surface area contributed by atoms with Crippen molar-refractivity contribution in [2.45, 2.75) is 12.5 Å². The number of likely N-dealkylation sites (tertiary alicyclic amines) is 1. The Balaban J connectivity index is 2.05. The van der Waals surface area contributed by atoms with E-state index >= 15 is 0 Å². The van der Waals surface area contributed by atoms with Gasteiger partial charge in [0.05, 0.1) is 0 Å². The monoisotopic (exact) mass is 252 g/mol. The third-order valence-corrected chi connectivity index (χ3v) is 3.57. The maximum absolute atomic E-state index is 2.50. The van der Waals surface area contributed by atoms with Crippen LogP contribution in [0.3, 0.4) is 0 Å². The standard InChI is InChI=1S/C7H13IN2/c1-9-3-2-6-4-10(8)5-7(6)9/h6-7H,2-5H2,1H3. The molecule has 2 saturated heterocycles. The van der Waals surface area contributed by atoms with E-state index < -0.39 is 0 Å². The van der Waals surface area contributed by atoms with Crippen molar-refractivity contribution in [3.05, 3.63) is 0 Å². The van der Waals surface area contributed by atoms with Crippen molar-refractivity contribution >= 4 is 22.9 Å². The molecule has 0 aromatic heterocycles. The summed E-state index contributed by atoms with van der Waals surface area (Å²) in [7, 11) is 2.25. The first-order valence-corrected chi connectivity index (χ1v) is 4.85. The zero-order valence-electron chi connectivity index (χ0n) is 6.26. The van der Waals surface area contributed by atoms with Gasteiger partial charge < -0.3 is 4.90 Å². The maximum atomic E-state index is 2.50. The lowest BCUT2D eigenvalue weighted by Crippen LogP contribution is -2.29. The minimum atomic E-state index is 0.872. The maximum Gasteiger partial charge on any atom is 0.0269 e. The van der Waals surface area contributed by atoms with Gasteiger partial charge in [0.2, 0.25) is 0 Å². The van der Waals surface area contributed by atoms with Gasteiger partial charge in [0, 0.05) is 42.0 Å². The second-order valence-corrected chi connectivity index (χ2v) is 4.79. The van der Waals surface area contributed by atoms with Crippen LogP contribution in [0.4, 0.5) is 0 Å². The summed E-state index contributed by atoms with van der Waals surface area (Å²) in [4.78, 5) is 2.50. The van der Waals surface area contributed by atoms with E-state index in [1.54, 1.807) is 0 Å². The highest BCUT2D eigenvalue weighted by molar-refractivity contribution is 14.1. The Morgan fingerprint density at radius 2 is 2.20 bits per heavy atom. The van der Waals surface area contributed by atoms with Crippen molar-refractivity contribution in [3.8, 4) is 0 Å². The summed E-state index contributed by atoms with van der Waals surface area (Å²) >= 11 is 2.44. The van der Waals surface area contributed by atoms with Crippen LogP contribution >= 0.6 is 22.9 Å². The average molecular weight is 252 g/mol. The van der Waals surface area contributed by atoms with Gasteiger partial charge in [-0.15, -0.1) is 0 Å². The number of hydrogen-bond donors (Lipinski definition) is 0. The number of rotatable bonds is 0. The summed E-state index contributed by atoms with van der Waals surface area (Å²) < 4.78 is 2.42. The number of fused-ring (bicyclic) bond motifs is 1. The van der Waals surface area contributed by atoms with Crippen LogP contribution in [-0.4, -0.2) is 40.7 Å². The predicted octanol–water partition coefficient (Wildman–Crippen LogP) is 0.972. The summed E-state index contributed by atoms with van der Waals surface area (Å²) in [5.41, 5.74) is 0. The molecule has 0 saturated carbocycles. The molecular formula is C7H13IN2. The summed E-state index contributed by atoms with van der Waals surface area (Å²) in [6, 6.07) is 0.872.